The fourth-order valence-electron chi connectivity index (χ4n) is 0.868. The first-order valence-electron chi connectivity index (χ1n) is 3.92. The summed E-state index contributed by atoms with van der Waals surface area (Å²) in [6.45, 7) is -0.442. The van der Waals surface area contributed by atoms with E-state index in [0.29, 0.717) is 5.56 Å². The van der Waals surface area contributed by atoms with E-state index in [9.17, 15) is 13.2 Å². The Bertz CT molecular complexity index is 408. The third-order valence-corrected chi connectivity index (χ3v) is 2.05. The van der Waals surface area contributed by atoms with Crippen molar-refractivity contribution in [2.45, 2.75) is 0 Å². The smallest absolute Gasteiger partial charge is 0.264 e. The molecule has 0 N–H and O–H groups in total. The predicted octanol–water partition coefficient (Wildman–Crippen LogP) is 0.846. The van der Waals surface area contributed by atoms with Gasteiger partial charge in [-0.3, -0.25) is 8.98 Å². The standard InChI is InChI=1S/C9H10O4S/c1-14(11,12)13-7-9(10)8-5-3-2-4-6-8/h2-6H,7H2,1H3. The molecule has 0 aliphatic heterocycles. The van der Waals surface area contributed by atoms with Crippen molar-refractivity contribution in [3.63, 3.8) is 0 Å². The second kappa shape index (κ2) is 4.34. The molecular weight excluding hydrogens is 204 g/mol. The first kappa shape index (κ1) is 10.9. The van der Waals surface area contributed by atoms with Crippen LogP contribution < -0.4 is 0 Å². The molecule has 1 rings (SSSR count). The minimum absolute atomic E-state index is 0.351. The summed E-state index contributed by atoms with van der Waals surface area (Å²) in [5, 5.41) is 0. The Hall–Kier alpha value is -1.20. The first-order chi connectivity index (χ1) is 6.49. The van der Waals surface area contributed by atoms with E-state index >= 15 is 0 Å². The largest absolute Gasteiger partial charge is 0.291 e. The van der Waals surface area contributed by atoms with Gasteiger partial charge in [-0.15, -0.1) is 0 Å². The molecule has 76 valence electrons. The van der Waals surface area contributed by atoms with Crippen molar-refractivity contribution in [2.75, 3.05) is 12.9 Å². The zero-order chi connectivity index (χ0) is 10.6. The third kappa shape index (κ3) is 3.68. The molecule has 0 fully saturated rings. The van der Waals surface area contributed by atoms with Crippen LogP contribution in [0.4, 0.5) is 0 Å². The van der Waals surface area contributed by atoms with E-state index in [4.69, 9.17) is 0 Å². The predicted molar refractivity (Wildman–Crippen MR) is 51.6 cm³/mol. The van der Waals surface area contributed by atoms with Gasteiger partial charge in [-0.05, 0) is 0 Å². The number of benzene rings is 1. The number of carbonyl (C=O) groups excluding carboxylic acids is 1. The highest BCUT2D eigenvalue weighted by atomic mass is 32.2. The second-order valence-corrected chi connectivity index (χ2v) is 4.40. The highest BCUT2D eigenvalue weighted by Gasteiger charge is 2.09. The molecule has 0 aliphatic carbocycles. The lowest BCUT2D eigenvalue weighted by Gasteiger charge is -2.00. The second-order valence-electron chi connectivity index (χ2n) is 2.76. The molecule has 0 amide bonds. The van der Waals surface area contributed by atoms with Crippen LogP contribution in [0.1, 0.15) is 10.4 Å². The van der Waals surface area contributed by atoms with Crippen molar-refractivity contribution in [3.8, 4) is 0 Å². The molecule has 14 heavy (non-hydrogen) atoms. The van der Waals surface area contributed by atoms with Crippen LogP contribution in [0.15, 0.2) is 30.3 Å². The van der Waals surface area contributed by atoms with E-state index in [2.05, 4.69) is 4.18 Å². The van der Waals surface area contributed by atoms with Crippen LogP contribution in [0.2, 0.25) is 0 Å². The van der Waals surface area contributed by atoms with Crippen LogP contribution in [0.3, 0.4) is 0 Å². The van der Waals surface area contributed by atoms with E-state index in [-0.39, 0.29) is 5.78 Å². The van der Waals surface area contributed by atoms with Gasteiger partial charge in [0.05, 0.1) is 6.26 Å². The summed E-state index contributed by atoms with van der Waals surface area (Å²) in [4.78, 5) is 11.3. The summed E-state index contributed by atoms with van der Waals surface area (Å²) in [5.74, 6) is -0.351. The van der Waals surface area contributed by atoms with Crippen molar-refractivity contribution >= 4 is 15.9 Å². The Balaban J connectivity index is 2.61. The average molecular weight is 214 g/mol. The molecule has 0 radical (unpaired) electrons. The Morgan fingerprint density at radius 1 is 1.29 bits per heavy atom. The molecule has 0 saturated carbocycles. The van der Waals surface area contributed by atoms with Crippen LogP contribution in [0.25, 0.3) is 0 Å². The van der Waals surface area contributed by atoms with E-state index in [0.717, 1.165) is 6.26 Å². The van der Waals surface area contributed by atoms with Crippen LogP contribution in [0, 0.1) is 0 Å². The fraction of sp³-hybridized carbons (Fsp3) is 0.222. The number of Topliss-reactive ketones (excluding diaryl/α,β-unsaturated/α-hetero) is 1. The van der Waals surface area contributed by atoms with Gasteiger partial charge in [-0.25, -0.2) is 0 Å². The molecule has 0 aromatic heterocycles. The molecule has 0 unspecified atom stereocenters. The van der Waals surface area contributed by atoms with Gasteiger partial charge in [-0.1, -0.05) is 30.3 Å². The van der Waals surface area contributed by atoms with Crippen molar-refractivity contribution in [3.05, 3.63) is 35.9 Å². The minimum atomic E-state index is -3.55. The Morgan fingerprint density at radius 2 is 1.86 bits per heavy atom. The minimum Gasteiger partial charge on any atom is -0.291 e. The monoisotopic (exact) mass is 214 g/mol. The molecule has 0 spiro atoms. The van der Waals surface area contributed by atoms with Crippen molar-refractivity contribution in [1.29, 1.82) is 0 Å². The molecule has 0 heterocycles. The van der Waals surface area contributed by atoms with Crippen LogP contribution >= 0.6 is 0 Å². The lowest BCUT2D eigenvalue weighted by molar-refractivity contribution is 0.0925. The van der Waals surface area contributed by atoms with E-state index < -0.39 is 16.7 Å². The number of hydrogen-bond donors (Lipinski definition) is 0. The third-order valence-electron chi connectivity index (χ3n) is 1.50. The zero-order valence-electron chi connectivity index (χ0n) is 7.64. The SMILES string of the molecule is CS(=O)(=O)OCC(=O)c1ccccc1. The van der Waals surface area contributed by atoms with Crippen molar-refractivity contribution < 1.29 is 17.4 Å². The molecule has 0 atom stereocenters. The van der Waals surface area contributed by atoms with Gasteiger partial charge >= 0.3 is 0 Å². The maximum absolute atomic E-state index is 11.3. The van der Waals surface area contributed by atoms with Gasteiger partial charge in [-0.2, -0.15) is 8.42 Å². The lowest BCUT2D eigenvalue weighted by atomic mass is 10.1. The number of ketones is 1. The van der Waals surface area contributed by atoms with Crippen LogP contribution in [0.5, 0.6) is 0 Å². The van der Waals surface area contributed by atoms with E-state index in [1.165, 1.54) is 0 Å². The van der Waals surface area contributed by atoms with Crippen molar-refractivity contribution in [2.24, 2.45) is 0 Å². The highest BCUT2D eigenvalue weighted by Crippen LogP contribution is 2.01. The Morgan fingerprint density at radius 3 is 2.36 bits per heavy atom. The van der Waals surface area contributed by atoms with Gasteiger partial charge in [0.2, 0.25) is 0 Å². The van der Waals surface area contributed by atoms with Gasteiger partial charge in [0.15, 0.2) is 5.78 Å². The molecular formula is C9H10O4S. The molecule has 0 bridgehead atoms. The first-order valence-corrected chi connectivity index (χ1v) is 5.73. The van der Waals surface area contributed by atoms with Gasteiger partial charge in [0.25, 0.3) is 10.1 Å². The Kier molecular flexibility index (Phi) is 3.38. The van der Waals surface area contributed by atoms with E-state index in [1.807, 2.05) is 0 Å². The van der Waals surface area contributed by atoms with Gasteiger partial charge in [0, 0.05) is 5.56 Å². The summed E-state index contributed by atoms with van der Waals surface area (Å²) < 4.78 is 25.6. The van der Waals surface area contributed by atoms with Crippen LogP contribution in [-0.4, -0.2) is 27.1 Å². The summed E-state index contributed by atoms with van der Waals surface area (Å²) in [6, 6.07) is 8.39. The summed E-state index contributed by atoms with van der Waals surface area (Å²) in [6.07, 6.45) is 0.908. The lowest BCUT2D eigenvalue weighted by Crippen LogP contribution is -2.13. The molecule has 1 aromatic carbocycles. The number of carbonyl (C=O) groups is 1. The maximum Gasteiger partial charge on any atom is 0.264 e. The maximum atomic E-state index is 11.3. The normalized spacial score (nSPS) is 11.2. The average Bonchev–Trinajstić information content (AvgIpc) is 2.14. The summed E-state index contributed by atoms with van der Waals surface area (Å²) in [7, 11) is -3.55. The van der Waals surface area contributed by atoms with E-state index in [1.54, 1.807) is 30.3 Å². The fourth-order valence-corrected chi connectivity index (χ4v) is 1.19. The van der Waals surface area contributed by atoms with Gasteiger partial charge < -0.3 is 0 Å². The van der Waals surface area contributed by atoms with Crippen molar-refractivity contribution in [1.82, 2.24) is 0 Å². The number of hydrogen-bond acceptors (Lipinski definition) is 4. The zero-order valence-corrected chi connectivity index (χ0v) is 8.45. The molecule has 0 saturated heterocycles. The summed E-state index contributed by atoms with van der Waals surface area (Å²) in [5.41, 5.74) is 0.441. The molecule has 1 aromatic rings. The quantitative estimate of drug-likeness (QED) is 0.550. The van der Waals surface area contributed by atoms with Crippen LogP contribution in [-0.2, 0) is 14.3 Å². The Labute approximate surface area is 82.6 Å². The topological polar surface area (TPSA) is 60.4 Å². The summed E-state index contributed by atoms with van der Waals surface area (Å²) >= 11 is 0. The van der Waals surface area contributed by atoms with Gasteiger partial charge in [0.1, 0.15) is 6.61 Å². The number of rotatable bonds is 4. The highest BCUT2D eigenvalue weighted by molar-refractivity contribution is 7.86. The molecule has 5 heteroatoms. The molecule has 4 nitrogen and oxygen atoms in total. The molecule has 0 aliphatic rings.